The summed E-state index contributed by atoms with van der Waals surface area (Å²) in [6.45, 7) is -0.0174. The van der Waals surface area contributed by atoms with Gasteiger partial charge in [0.15, 0.2) is 27.8 Å². The summed E-state index contributed by atoms with van der Waals surface area (Å²) in [5, 5.41) is 11.9. The molecular formula is C30H23N3O7S. The SMILES string of the molecule is COc1ccc([C@@H]2C3=C(N=c4s/c(=C/c5cc6c(cc5[N+](=O)[O-])OCO6)c(=O)n42)c2ccccc2CC3)cc1OC. The lowest BCUT2D eigenvalue weighted by Gasteiger charge is -2.31. The molecule has 1 aliphatic carbocycles. The maximum Gasteiger partial charge on any atom is 0.280 e. The van der Waals surface area contributed by atoms with Crippen molar-refractivity contribution >= 4 is 28.8 Å². The lowest BCUT2D eigenvalue weighted by molar-refractivity contribution is -0.385. The highest BCUT2D eigenvalue weighted by Gasteiger charge is 2.33. The van der Waals surface area contributed by atoms with Crippen molar-refractivity contribution < 1.29 is 23.9 Å². The number of hydrogen-bond acceptors (Lipinski definition) is 9. The Kier molecular flexibility index (Phi) is 5.89. The third kappa shape index (κ3) is 4.00. The van der Waals surface area contributed by atoms with Crippen molar-refractivity contribution in [2.45, 2.75) is 18.9 Å². The van der Waals surface area contributed by atoms with Gasteiger partial charge in [-0.05, 0) is 53.8 Å². The number of ether oxygens (including phenoxy) is 4. The molecule has 41 heavy (non-hydrogen) atoms. The molecule has 3 heterocycles. The second-order valence-corrected chi connectivity index (χ2v) is 10.8. The van der Waals surface area contributed by atoms with Crippen molar-refractivity contribution in [3.8, 4) is 23.0 Å². The third-order valence-corrected chi connectivity index (χ3v) is 8.58. The second-order valence-electron chi connectivity index (χ2n) is 9.75. The van der Waals surface area contributed by atoms with E-state index < -0.39 is 11.0 Å². The molecule has 0 saturated carbocycles. The molecule has 0 unspecified atom stereocenters. The fourth-order valence-electron chi connectivity index (χ4n) is 5.71. The summed E-state index contributed by atoms with van der Waals surface area (Å²) in [6.07, 6.45) is 3.08. The van der Waals surface area contributed by atoms with Gasteiger partial charge < -0.3 is 18.9 Å². The number of nitrogens with zero attached hydrogens (tertiary/aromatic N) is 3. The van der Waals surface area contributed by atoms with E-state index in [2.05, 4.69) is 12.1 Å². The van der Waals surface area contributed by atoms with Gasteiger partial charge in [-0.25, -0.2) is 4.99 Å². The van der Waals surface area contributed by atoms with Crippen molar-refractivity contribution in [2.75, 3.05) is 21.0 Å². The summed E-state index contributed by atoms with van der Waals surface area (Å²) >= 11 is 1.20. The molecule has 3 aromatic carbocycles. The number of allylic oxidation sites excluding steroid dienone is 1. The average Bonchev–Trinajstić information content (AvgIpc) is 3.58. The van der Waals surface area contributed by atoms with Gasteiger partial charge >= 0.3 is 0 Å². The fraction of sp³-hybridized carbons (Fsp3) is 0.200. The molecule has 1 aromatic heterocycles. The maximum atomic E-state index is 14.1. The van der Waals surface area contributed by atoms with E-state index in [1.165, 1.54) is 35.1 Å². The standard InChI is InChI=1S/C30H23N3O7S/c1-37-22-10-8-17(11-23(22)38-2)28-20-9-7-16-5-3-4-6-19(16)27(20)31-30-32(28)29(34)26(41-30)13-18-12-24-25(40-15-39-24)14-21(18)33(35)36/h3-6,8,10-14,28H,7,9,15H2,1-2H3/b26-13+/t28-/m1/s1. The topological polar surface area (TPSA) is 114 Å². The van der Waals surface area contributed by atoms with Crippen molar-refractivity contribution in [1.29, 1.82) is 0 Å². The third-order valence-electron chi connectivity index (χ3n) is 7.60. The van der Waals surface area contributed by atoms with Crippen LogP contribution in [0, 0.1) is 10.1 Å². The lowest BCUT2D eigenvalue weighted by atomic mass is 9.83. The first kappa shape index (κ1) is 25.1. The molecule has 2 aliphatic heterocycles. The van der Waals surface area contributed by atoms with Crippen molar-refractivity contribution in [3.63, 3.8) is 0 Å². The predicted molar refractivity (Wildman–Crippen MR) is 152 cm³/mol. The van der Waals surface area contributed by atoms with Crippen LogP contribution in [0.2, 0.25) is 0 Å². The lowest BCUT2D eigenvalue weighted by Crippen LogP contribution is -2.38. The van der Waals surface area contributed by atoms with Crippen LogP contribution < -0.4 is 33.8 Å². The van der Waals surface area contributed by atoms with Crippen LogP contribution in [0.25, 0.3) is 11.8 Å². The first-order valence-corrected chi connectivity index (χ1v) is 13.7. The van der Waals surface area contributed by atoms with Gasteiger partial charge in [-0.2, -0.15) is 0 Å². The summed E-state index contributed by atoms with van der Waals surface area (Å²) in [6, 6.07) is 16.2. The predicted octanol–water partition coefficient (Wildman–Crippen LogP) is 3.97. The number of rotatable bonds is 5. The normalized spacial score (nSPS) is 16.9. The number of aromatic nitrogens is 1. The fourth-order valence-corrected chi connectivity index (χ4v) is 6.70. The van der Waals surface area contributed by atoms with Crippen LogP contribution in [0.3, 0.4) is 0 Å². The van der Waals surface area contributed by atoms with E-state index in [1.807, 2.05) is 30.3 Å². The smallest absolute Gasteiger partial charge is 0.280 e. The van der Waals surface area contributed by atoms with E-state index in [0.717, 1.165) is 35.2 Å². The number of benzene rings is 3. The number of fused-ring (bicyclic) bond motifs is 4. The molecule has 0 radical (unpaired) electrons. The van der Waals surface area contributed by atoms with Crippen LogP contribution in [-0.2, 0) is 6.42 Å². The molecule has 0 amide bonds. The molecule has 1 atom stereocenters. The minimum Gasteiger partial charge on any atom is -0.493 e. The van der Waals surface area contributed by atoms with Gasteiger partial charge in [0, 0.05) is 5.56 Å². The maximum absolute atomic E-state index is 14.1. The van der Waals surface area contributed by atoms with Crippen molar-refractivity contribution in [1.82, 2.24) is 4.57 Å². The van der Waals surface area contributed by atoms with Crippen LogP contribution in [0.5, 0.6) is 23.0 Å². The van der Waals surface area contributed by atoms with Crippen LogP contribution in [-0.4, -0.2) is 30.5 Å². The molecule has 0 spiro atoms. The highest BCUT2D eigenvalue weighted by atomic mass is 32.1. The molecule has 0 fully saturated rings. The molecule has 7 rings (SSSR count). The van der Waals surface area contributed by atoms with Gasteiger partial charge in [-0.15, -0.1) is 0 Å². The molecule has 3 aliphatic rings. The zero-order chi connectivity index (χ0) is 28.2. The number of thiazole rings is 1. The molecular weight excluding hydrogens is 546 g/mol. The van der Waals surface area contributed by atoms with Crippen LogP contribution in [0.4, 0.5) is 5.69 Å². The Morgan fingerprint density at radius 3 is 2.61 bits per heavy atom. The van der Waals surface area contributed by atoms with E-state index in [-0.39, 0.29) is 23.6 Å². The van der Waals surface area contributed by atoms with Gasteiger partial charge in [0.2, 0.25) is 6.79 Å². The van der Waals surface area contributed by atoms with E-state index in [9.17, 15) is 14.9 Å². The monoisotopic (exact) mass is 569 g/mol. The Bertz CT molecular complexity index is 1970. The molecule has 0 bridgehead atoms. The second kappa shape index (κ2) is 9.63. The highest BCUT2D eigenvalue weighted by molar-refractivity contribution is 7.07. The number of aryl methyl sites for hydroxylation is 1. The summed E-state index contributed by atoms with van der Waals surface area (Å²) in [5.41, 5.74) is 4.78. The number of nitro benzene ring substituents is 1. The zero-order valence-corrected chi connectivity index (χ0v) is 22.9. The summed E-state index contributed by atoms with van der Waals surface area (Å²) < 4.78 is 23.8. The van der Waals surface area contributed by atoms with Crippen LogP contribution >= 0.6 is 11.3 Å². The van der Waals surface area contributed by atoms with Gasteiger partial charge in [-0.1, -0.05) is 41.7 Å². The van der Waals surface area contributed by atoms with E-state index in [4.69, 9.17) is 23.9 Å². The van der Waals surface area contributed by atoms with E-state index in [1.54, 1.807) is 18.8 Å². The zero-order valence-electron chi connectivity index (χ0n) is 22.1. The molecule has 10 nitrogen and oxygen atoms in total. The Morgan fingerprint density at radius 1 is 1.05 bits per heavy atom. The van der Waals surface area contributed by atoms with Crippen LogP contribution in [0.15, 0.2) is 70.0 Å². The molecule has 206 valence electrons. The van der Waals surface area contributed by atoms with E-state index in [0.29, 0.717) is 32.3 Å². The Morgan fingerprint density at radius 2 is 1.83 bits per heavy atom. The van der Waals surface area contributed by atoms with E-state index >= 15 is 0 Å². The largest absolute Gasteiger partial charge is 0.493 e. The van der Waals surface area contributed by atoms with Crippen LogP contribution in [0.1, 0.15) is 34.7 Å². The molecule has 11 heteroatoms. The molecule has 0 saturated heterocycles. The van der Waals surface area contributed by atoms with Gasteiger partial charge in [0.1, 0.15) is 0 Å². The van der Waals surface area contributed by atoms with Crippen molar-refractivity contribution in [2.24, 2.45) is 4.99 Å². The van der Waals surface area contributed by atoms with Gasteiger partial charge in [-0.3, -0.25) is 19.5 Å². The van der Waals surface area contributed by atoms with Crippen molar-refractivity contribution in [3.05, 3.63) is 112 Å². The first-order valence-electron chi connectivity index (χ1n) is 12.9. The minimum atomic E-state index is -0.493. The number of nitro groups is 1. The highest BCUT2D eigenvalue weighted by Crippen LogP contribution is 2.43. The number of hydrogen-bond donors (Lipinski definition) is 0. The quantitative estimate of drug-likeness (QED) is 0.264. The minimum absolute atomic E-state index is 0.0174. The Labute approximate surface area is 237 Å². The summed E-state index contributed by atoms with van der Waals surface area (Å²) in [7, 11) is 3.15. The number of methoxy groups -OCH3 is 2. The first-order chi connectivity index (χ1) is 20.0. The van der Waals surface area contributed by atoms with Gasteiger partial charge in [0.05, 0.1) is 47.0 Å². The van der Waals surface area contributed by atoms with Gasteiger partial charge in [0.25, 0.3) is 11.2 Å². The molecule has 0 N–H and O–H groups in total. The summed E-state index contributed by atoms with van der Waals surface area (Å²) in [4.78, 5) is 31.0. The summed E-state index contributed by atoms with van der Waals surface area (Å²) in [5.74, 6) is 1.83. The average molecular weight is 570 g/mol. The molecule has 4 aromatic rings. The Balaban J connectivity index is 1.48. The Hall–Kier alpha value is -4.90.